The molecule has 96 valence electrons. The minimum Gasteiger partial charge on any atom is -0.494 e. The third-order valence-electron chi connectivity index (χ3n) is 2.80. The molecule has 17 heavy (non-hydrogen) atoms. The van der Waals surface area contributed by atoms with E-state index in [9.17, 15) is 8.78 Å². The fourth-order valence-corrected chi connectivity index (χ4v) is 1.90. The number of alkyl halides is 1. The second-order valence-corrected chi connectivity index (χ2v) is 4.25. The molecule has 0 bridgehead atoms. The van der Waals surface area contributed by atoms with Crippen LogP contribution in [0.1, 0.15) is 25.3 Å². The average molecular weight is 243 g/mol. The van der Waals surface area contributed by atoms with Crippen LogP contribution in [0.15, 0.2) is 18.2 Å². The minimum absolute atomic E-state index is 0.0471. The summed E-state index contributed by atoms with van der Waals surface area (Å²) in [7, 11) is 1.40. The molecule has 0 heterocycles. The van der Waals surface area contributed by atoms with E-state index < -0.39 is 11.5 Å². The van der Waals surface area contributed by atoms with Crippen LogP contribution in [0.3, 0.4) is 0 Å². The van der Waals surface area contributed by atoms with Crippen molar-refractivity contribution in [3.8, 4) is 5.75 Å². The van der Waals surface area contributed by atoms with Crippen molar-refractivity contribution in [2.75, 3.05) is 13.7 Å². The topological polar surface area (TPSA) is 35.2 Å². The van der Waals surface area contributed by atoms with Crippen LogP contribution in [-0.4, -0.2) is 19.3 Å². The molecule has 0 amide bonds. The first kappa shape index (κ1) is 13.9. The third kappa shape index (κ3) is 3.66. The van der Waals surface area contributed by atoms with E-state index in [4.69, 9.17) is 10.5 Å². The molecule has 1 aromatic rings. The molecule has 0 saturated carbocycles. The Kier molecular flexibility index (Phi) is 4.87. The lowest BCUT2D eigenvalue weighted by Gasteiger charge is -2.23. The number of hydrogen-bond acceptors (Lipinski definition) is 2. The Bertz CT molecular complexity index is 370. The molecule has 0 aliphatic heterocycles. The van der Waals surface area contributed by atoms with Gasteiger partial charge in [-0.1, -0.05) is 19.4 Å². The monoisotopic (exact) mass is 243 g/mol. The lowest BCUT2D eigenvalue weighted by molar-refractivity contribution is 0.158. The summed E-state index contributed by atoms with van der Waals surface area (Å²) >= 11 is 0. The average Bonchev–Trinajstić information content (AvgIpc) is 2.29. The van der Waals surface area contributed by atoms with Crippen LogP contribution in [0.2, 0.25) is 0 Å². The molecule has 2 N–H and O–H groups in total. The van der Waals surface area contributed by atoms with Gasteiger partial charge in [0.25, 0.3) is 0 Å². The molecule has 0 spiro atoms. The maximum absolute atomic E-state index is 14.2. The Morgan fingerprint density at radius 1 is 1.41 bits per heavy atom. The smallest absolute Gasteiger partial charge is 0.165 e. The summed E-state index contributed by atoms with van der Waals surface area (Å²) in [6, 6.07) is 4.48. The van der Waals surface area contributed by atoms with E-state index in [-0.39, 0.29) is 18.7 Å². The maximum atomic E-state index is 14.2. The Morgan fingerprint density at radius 2 is 2.12 bits per heavy atom. The first-order valence-corrected chi connectivity index (χ1v) is 5.76. The molecule has 0 aromatic heterocycles. The standard InChI is InChI=1S/C13H19F2NO/c1-3-6-13(15,9-16)8-10-4-5-12(17-2)11(14)7-10/h4-5,7H,3,6,8-9,16H2,1-2H3. The largest absolute Gasteiger partial charge is 0.494 e. The number of hydrogen-bond donors (Lipinski definition) is 1. The van der Waals surface area contributed by atoms with E-state index in [0.29, 0.717) is 18.4 Å². The molecular formula is C13H19F2NO. The van der Waals surface area contributed by atoms with Gasteiger partial charge in [0.2, 0.25) is 0 Å². The lowest BCUT2D eigenvalue weighted by atomic mass is 9.92. The van der Waals surface area contributed by atoms with Crippen molar-refractivity contribution >= 4 is 0 Å². The highest BCUT2D eigenvalue weighted by Gasteiger charge is 2.27. The van der Waals surface area contributed by atoms with E-state index in [1.807, 2.05) is 6.92 Å². The summed E-state index contributed by atoms with van der Waals surface area (Å²) in [5.41, 5.74) is 4.59. The van der Waals surface area contributed by atoms with Crippen molar-refractivity contribution in [1.29, 1.82) is 0 Å². The van der Waals surface area contributed by atoms with Gasteiger partial charge >= 0.3 is 0 Å². The number of nitrogens with two attached hydrogens (primary N) is 1. The van der Waals surface area contributed by atoms with Gasteiger partial charge in [0.05, 0.1) is 7.11 Å². The van der Waals surface area contributed by atoms with Crippen molar-refractivity contribution < 1.29 is 13.5 Å². The maximum Gasteiger partial charge on any atom is 0.165 e. The summed E-state index contributed by atoms with van der Waals surface area (Å²) in [6.07, 6.45) is 1.24. The Balaban J connectivity index is 2.83. The van der Waals surface area contributed by atoms with Crippen molar-refractivity contribution in [2.24, 2.45) is 5.73 Å². The molecule has 4 heteroatoms. The normalized spacial score (nSPS) is 14.4. The van der Waals surface area contributed by atoms with E-state index >= 15 is 0 Å². The van der Waals surface area contributed by atoms with Gasteiger partial charge in [-0.2, -0.15) is 0 Å². The van der Waals surface area contributed by atoms with Gasteiger partial charge in [-0.05, 0) is 24.1 Å². The molecule has 0 radical (unpaired) electrons. The molecule has 0 aliphatic rings. The Hall–Kier alpha value is -1.16. The highest BCUT2D eigenvalue weighted by molar-refractivity contribution is 5.30. The van der Waals surface area contributed by atoms with Gasteiger partial charge in [-0.3, -0.25) is 0 Å². The van der Waals surface area contributed by atoms with E-state index in [1.54, 1.807) is 6.07 Å². The molecule has 2 nitrogen and oxygen atoms in total. The van der Waals surface area contributed by atoms with Gasteiger partial charge in [-0.25, -0.2) is 8.78 Å². The molecule has 0 aliphatic carbocycles. The highest BCUT2D eigenvalue weighted by Crippen LogP contribution is 2.25. The van der Waals surface area contributed by atoms with Gasteiger partial charge in [-0.15, -0.1) is 0 Å². The molecule has 0 fully saturated rings. The Morgan fingerprint density at radius 3 is 2.59 bits per heavy atom. The number of ether oxygens (including phenoxy) is 1. The predicted octanol–water partition coefficient (Wildman–Crippen LogP) is 2.84. The van der Waals surface area contributed by atoms with Crippen molar-refractivity contribution in [1.82, 2.24) is 0 Å². The van der Waals surface area contributed by atoms with Gasteiger partial charge in [0, 0.05) is 13.0 Å². The van der Waals surface area contributed by atoms with E-state index in [0.717, 1.165) is 0 Å². The molecule has 0 saturated heterocycles. The van der Waals surface area contributed by atoms with Gasteiger partial charge < -0.3 is 10.5 Å². The first-order valence-electron chi connectivity index (χ1n) is 5.76. The van der Waals surface area contributed by atoms with Crippen LogP contribution in [0.4, 0.5) is 8.78 Å². The number of methoxy groups -OCH3 is 1. The van der Waals surface area contributed by atoms with Crippen molar-refractivity contribution in [3.63, 3.8) is 0 Å². The quantitative estimate of drug-likeness (QED) is 0.833. The fraction of sp³-hybridized carbons (Fsp3) is 0.538. The minimum atomic E-state index is -1.45. The summed E-state index contributed by atoms with van der Waals surface area (Å²) in [5, 5.41) is 0. The van der Waals surface area contributed by atoms with Crippen LogP contribution < -0.4 is 10.5 Å². The number of benzene rings is 1. The molecule has 1 rings (SSSR count). The van der Waals surface area contributed by atoms with E-state index in [1.165, 1.54) is 19.2 Å². The van der Waals surface area contributed by atoms with Crippen LogP contribution in [-0.2, 0) is 6.42 Å². The summed E-state index contributed by atoms with van der Waals surface area (Å²) < 4.78 is 32.5. The van der Waals surface area contributed by atoms with E-state index in [2.05, 4.69) is 0 Å². The van der Waals surface area contributed by atoms with Crippen molar-refractivity contribution in [2.45, 2.75) is 31.9 Å². The first-order chi connectivity index (χ1) is 8.04. The van der Waals surface area contributed by atoms with Crippen LogP contribution >= 0.6 is 0 Å². The summed E-state index contributed by atoms with van der Waals surface area (Å²) in [6.45, 7) is 1.85. The fourth-order valence-electron chi connectivity index (χ4n) is 1.90. The predicted molar refractivity (Wildman–Crippen MR) is 64.5 cm³/mol. The lowest BCUT2D eigenvalue weighted by Crippen LogP contribution is -2.35. The van der Waals surface area contributed by atoms with Crippen LogP contribution in [0.25, 0.3) is 0 Å². The van der Waals surface area contributed by atoms with Gasteiger partial charge in [0.1, 0.15) is 5.67 Å². The molecule has 1 unspecified atom stereocenters. The molecule has 1 aromatic carbocycles. The molecule has 1 atom stereocenters. The summed E-state index contributed by atoms with van der Waals surface area (Å²) in [4.78, 5) is 0. The number of halogens is 2. The zero-order chi connectivity index (χ0) is 12.9. The third-order valence-corrected chi connectivity index (χ3v) is 2.80. The summed E-state index contributed by atoms with van der Waals surface area (Å²) in [5.74, 6) is -0.303. The zero-order valence-corrected chi connectivity index (χ0v) is 10.3. The van der Waals surface area contributed by atoms with Crippen molar-refractivity contribution in [3.05, 3.63) is 29.6 Å². The second-order valence-electron chi connectivity index (χ2n) is 4.25. The zero-order valence-electron chi connectivity index (χ0n) is 10.3. The van der Waals surface area contributed by atoms with Crippen LogP contribution in [0.5, 0.6) is 5.75 Å². The van der Waals surface area contributed by atoms with Gasteiger partial charge in [0.15, 0.2) is 11.6 Å². The highest BCUT2D eigenvalue weighted by atomic mass is 19.1. The SMILES string of the molecule is CCCC(F)(CN)Cc1ccc(OC)c(F)c1. The second kappa shape index (κ2) is 5.96. The van der Waals surface area contributed by atoms with Crippen LogP contribution in [0, 0.1) is 5.82 Å². The molecular weight excluding hydrogens is 224 g/mol. The number of rotatable bonds is 6. The Labute approximate surface area is 101 Å².